The fourth-order valence-corrected chi connectivity index (χ4v) is 2.32. The largest absolute Gasteiger partial charge is 0.496 e. The van der Waals surface area contributed by atoms with E-state index in [2.05, 4.69) is 21.9 Å². The molecule has 1 heterocycles. The lowest BCUT2D eigenvalue weighted by molar-refractivity contribution is -0.282. The molecule has 0 N–H and O–H groups in total. The van der Waals surface area contributed by atoms with E-state index >= 15 is 0 Å². The molecule has 1 fully saturated rings. The van der Waals surface area contributed by atoms with Crippen LogP contribution in [0.2, 0.25) is 0 Å². The summed E-state index contributed by atoms with van der Waals surface area (Å²) in [6, 6.07) is 6.20. The van der Waals surface area contributed by atoms with Gasteiger partial charge < -0.3 is 4.74 Å². The van der Waals surface area contributed by atoms with Gasteiger partial charge in [-0.2, -0.15) is 0 Å². The van der Waals surface area contributed by atoms with Crippen LogP contribution in [-0.2, 0) is 22.9 Å². The summed E-state index contributed by atoms with van der Waals surface area (Å²) < 4.78 is 5.45. The van der Waals surface area contributed by atoms with E-state index in [4.69, 9.17) is 9.62 Å². The van der Waals surface area contributed by atoms with Crippen LogP contribution in [0.1, 0.15) is 24.0 Å². The maximum atomic E-state index is 5.45. The Labute approximate surface area is 108 Å². The molecule has 0 radical (unpaired) electrons. The normalized spacial score (nSPS) is 16.1. The highest BCUT2D eigenvalue weighted by Crippen LogP contribution is 2.23. The summed E-state index contributed by atoms with van der Waals surface area (Å²) in [6.45, 7) is 3.79. The Balaban J connectivity index is 2.04. The number of methoxy groups -OCH3 is 1. The third kappa shape index (κ3) is 3.45. The van der Waals surface area contributed by atoms with Crippen molar-refractivity contribution in [1.82, 2.24) is 4.90 Å². The number of likely N-dealkylation sites (tertiary alicyclic amines) is 1. The number of benzene rings is 1. The maximum absolute atomic E-state index is 5.45. The summed E-state index contributed by atoms with van der Waals surface area (Å²) in [5.41, 5.74) is 2.29. The summed E-state index contributed by atoms with van der Waals surface area (Å²) in [4.78, 5) is 12.0. The molecular formula is C14H21NO3. The number of rotatable bonds is 6. The Bertz CT molecular complexity index is 375. The Morgan fingerprint density at radius 2 is 1.94 bits per heavy atom. The molecular weight excluding hydrogens is 230 g/mol. The highest BCUT2D eigenvalue weighted by molar-refractivity contribution is 5.37. The lowest BCUT2D eigenvalue weighted by atomic mass is 10.1. The molecule has 4 heteroatoms. The molecule has 1 aromatic carbocycles. The summed E-state index contributed by atoms with van der Waals surface area (Å²) in [5.74, 6) is 0.930. The van der Waals surface area contributed by atoms with Crippen molar-refractivity contribution in [3.8, 4) is 5.75 Å². The van der Waals surface area contributed by atoms with Crippen molar-refractivity contribution in [3.63, 3.8) is 0 Å². The molecule has 0 aromatic heterocycles. The third-order valence-corrected chi connectivity index (χ3v) is 3.29. The lowest BCUT2D eigenvalue weighted by Gasteiger charge is -2.17. The molecule has 4 nitrogen and oxygen atoms in total. The average molecular weight is 251 g/mol. The van der Waals surface area contributed by atoms with E-state index in [1.165, 1.54) is 38.6 Å². The summed E-state index contributed by atoms with van der Waals surface area (Å²) in [6.07, 6.45) is 2.62. The first kappa shape index (κ1) is 13.3. The topological polar surface area (TPSA) is 30.9 Å². The Morgan fingerprint density at radius 3 is 2.61 bits per heavy atom. The Morgan fingerprint density at radius 1 is 1.17 bits per heavy atom. The van der Waals surface area contributed by atoms with Gasteiger partial charge in [0.05, 0.1) is 14.2 Å². The quantitative estimate of drug-likeness (QED) is 0.573. The molecule has 1 aromatic rings. The fraction of sp³-hybridized carbons (Fsp3) is 0.571. The second kappa shape index (κ2) is 6.73. The standard InChI is InChI=1S/C14H21NO3/c1-16-14-9-12(11-18-17-2)5-6-13(14)10-15-7-3-4-8-15/h5-6,9H,3-4,7-8,10-11H2,1-2H3. The van der Waals surface area contributed by atoms with Crippen LogP contribution in [0.4, 0.5) is 0 Å². The Hall–Kier alpha value is -1.10. The summed E-state index contributed by atoms with van der Waals surface area (Å²) >= 11 is 0. The molecule has 2 rings (SSSR count). The van der Waals surface area contributed by atoms with Crippen molar-refractivity contribution in [2.24, 2.45) is 0 Å². The van der Waals surface area contributed by atoms with Crippen LogP contribution < -0.4 is 4.74 Å². The monoisotopic (exact) mass is 251 g/mol. The third-order valence-electron chi connectivity index (χ3n) is 3.29. The smallest absolute Gasteiger partial charge is 0.123 e. The zero-order valence-electron chi connectivity index (χ0n) is 11.1. The number of nitrogens with zero attached hydrogens (tertiary/aromatic N) is 1. The van der Waals surface area contributed by atoms with E-state index in [9.17, 15) is 0 Å². The molecule has 100 valence electrons. The molecule has 1 aliphatic rings. The molecule has 1 aliphatic heterocycles. The predicted molar refractivity (Wildman–Crippen MR) is 69.3 cm³/mol. The van der Waals surface area contributed by atoms with Crippen LogP contribution >= 0.6 is 0 Å². The van der Waals surface area contributed by atoms with Crippen LogP contribution in [0.3, 0.4) is 0 Å². The average Bonchev–Trinajstić information content (AvgIpc) is 2.90. The lowest BCUT2D eigenvalue weighted by Crippen LogP contribution is -2.18. The summed E-state index contributed by atoms with van der Waals surface area (Å²) in [5, 5.41) is 0. The maximum Gasteiger partial charge on any atom is 0.123 e. The second-order valence-corrected chi connectivity index (χ2v) is 4.56. The van der Waals surface area contributed by atoms with Crippen LogP contribution in [-0.4, -0.2) is 32.2 Å². The highest BCUT2D eigenvalue weighted by Gasteiger charge is 2.14. The van der Waals surface area contributed by atoms with Crippen molar-refractivity contribution in [1.29, 1.82) is 0 Å². The van der Waals surface area contributed by atoms with Gasteiger partial charge in [-0.05, 0) is 37.6 Å². The molecule has 18 heavy (non-hydrogen) atoms. The Kier molecular flexibility index (Phi) is 4.99. The zero-order valence-corrected chi connectivity index (χ0v) is 11.1. The molecule has 1 saturated heterocycles. The molecule has 0 aliphatic carbocycles. The molecule has 0 spiro atoms. The van der Waals surface area contributed by atoms with E-state index in [1.807, 2.05) is 6.07 Å². The minimum absolute atomic E-state index is 0.441. The molecule has 0 atom stereocenters. The van der Waals surface area contributed by atoms with Crippen LogP contribution in [0, 0.1) is 0 Å². The summed E-state index contributed by atoms with van der Waals surface area (Å²) in [7, 11) is 3.22. The van der Waals surface area contributed by atoms with E-state index in [0.717, 1.165) is 17.9 Å². The molecule has 0 amide bonds. The van der Waals surface area contributed by atoms with Gasteiger partial charge in [0.25, 0.3) is 0 Å². The van der Waals surface area contributed by atoms with Crippen LogP contribution in [0.25, 0.3) is 0 Å². The first-order valence-corrected chi connectivity index (χ1v) is 6.37. The second-order valence-electron chi connectivity index (χ2n) is 4.56. The molecule has 0 unspecified atom stereocenters. The highest BCUT2D eigenvalue weighted by atomic mass is 17.2. The van der Waals surface area contributed by atoms with E-state index in [0.29, 0.717) is 6.61 Å². The van der Waals surface area contributed by atoms with Gasteiger partial charge in [0.1, 0.15) is 12.4 Å². The van der Waals surface area contributed by atoms with Crippen molar-refractivity contribution in [3.05, 3.63) is 29.3 Å². The first-order valence-electron chi connectivity index (χ1n) is 6.37. The number of hydrogen-bond acceptors (Lipinski definition) is 4. The van der Waals surface area contributed by atoms with Gasteiger partial charge >= 0.3 is 0 Å². The van der Waals surface area contributed by atoms with Crippen molar-refractivity contribution in [2.45, 2.75) is 26.0 Å². The van der Waals surface area contributed by atoms with Gasteiger partial charge in [0.2, 0.25) is 0 Å². The zero-order chi connectivity index (χ0) is 12.8. The van der Waals surface area contributed by atoms with Gasteiger partial charge in [0.15, 0.2) is 0 Å². The van der Waals surface area contributed by atoms with Crippen molar-refractivity contribution in [2.75, 3.05) is 27.3 Å². The van der Waals surface area contributed by atoms with Gasteiger partial charge in [-0.15, -0.1) is 0 Å². The first-order chi connectivity index (χ1) is 8.83. The van der Waals surface area contributed by atoms with E-state index in [1.54, 1.807) is 7.11 Å². The van der Waals surface area contributed by atoms with Gasteiger partial charge in [-0.3, -0.25) is 4.90 Å². The minimum atomic E-state index is 0.441. The molecule has 0 saturated carbocycles. The van der Waals surface area contributed by atoms with Crippen LogP contribution in [0.15, 0.2) is 18.2 Å². The number of hydrogen-bond donors (Lipinski definition) is 0. The fourth-order valence-electron chi connectivity index (χ4n) is 2.32. The number of ether oxygens (including phenoxy) is 1. The molecule has 0 bridgehead atoms. The van der Waals surface area contributed by atoms with Crippen LogP contribution in [0.5, 0.6) is 5.75 Å². The van der Waals surface area contributed by atoms with Gasteiger partial charge in [-0.1, -0.05) is 12.1 Å². The SMILES string of the molecule is COOCc1ccc(CN2CCCC2)c(OC)c1. The van der Waals surface area contributed by atoms with E-state index < -0.39 is 0 Å². The van der Waals surface area contributed by atoms with Gasteiger partial charge in [-0.25, -0.2) is 9.78 Å². The van der Waals surface area contributed by atoms with Gasteiger partial charge in [0, 0.05) is 12.1 Å². The van der Waals surface area contributed by atoms with Crippen molar-refractivity contribution >= 4 is 0 Å². The van der Waals surface area contributed by atoms with E-state index in [-0.39, 0.29) is 0 Å². The predicted octanol–water partition coefficient (Wildman–Crippen LogP) is 2.37. The van der Waals surface area contributed by atoms with Crippen molar-refractivity contribution < 1.29 is 14.5 Å². The minimum Gasteiger partial charge on any atom is -0.496 e.